The van der Waals surface area contributed by atoms with E-state index in [0.717, 1.165) is 9.88 Å². The summed E-state index contributed by atoms with van der Waals surface area (Å²) >= 11 is 1.47. The summed E-state index contributed by atoms with van der Waals surface area (Å²) < 4.78 is 28.8. The van der Waals surface area contributed by atoms with Crippen LogP contribution in [0.2, 0.25) is 0 Å². The molecule has 0 radical (unpaired) electrons. The highest BCUT2D eigenvalue weighted by Crippen LogP contribution is 2.22. The molecule has 2 heterocycles. The van der Waals surface area contributed by atoms with E-state index in [1.54, 1.807) is 13.1 Å². The Kier molecular flexibility index (Phi) is 4.21. The standard InChI is InChI=1S/C11H17N5O2S2/c1-7(2)16-11(6-13-15-16)20(17,18)14-8(3)10-5-12-9(4)19-10/h5-8,14H,1-4H3. The number of thiazole rings is 1. The van der Waals surface area contributed by atoms with Crippen molar-refractivity contribution in [2.24, 2.45) is 0 Å². The molecule has 1 unspecified atom stereocenters. The maximum absolute atomic E-state index is 12.4. The molecule has 2 rings (SSSR count). The van der Waals surface area contributed by atoms with Crippen LogP contribution in [0.3, 0.4) is 0 Å². The van der Waals surface area contributed by atoms with Crippen LogP contribution in [0, 0.1) is 6.92 Å². The number of aryl methyl sites for hydroxylation is 1. The second kappa shape index (κ2) is 5.58. The quantitative estimate of drug-likeness (QED) is 0.906. The molecule has 2 aromatic heterocycles. The molecule has 0 spiro atoms. The Hall–Kier alpha value is -1.32. The van der Waals surface area contributed by atoms with Gasteiger partial charge in [0.05, 0.1) is 17.2 Å². The second-order valence-corrected chi connectivity index (χ2v) is 7.66. The van der Waals surface area contributed by atoms with E-state index in [0.29, 0.717) is 0 Å². The summed E-state index contributed by atoms with van der Waals surface area (Å²) in [6.07, 6.45) is 2.94. The first kappa shape index (κ1) is 15.1. The Morgan fingerprint density at radius 3 is 2.55 bits per heavy atom. The molecule has 1 N–H and O–H groups in total. The third-order valence-electron chi connectivity index (χ3n) is 2.70. The molecule has 0 aliphatic carbocycles. The fraction of sp³-hybridized carbons (Fsp3) is 0.545. The molecule has 0 aliphatic rings. The fourth-order valence-corrected chi connectivity index (χ4v) is 3.97. The molecule has 0 saturated heterocycles. The molecule has 0 aromatic carbocycles. The van der Waals surface area contributed by atoms with Gasteiger partial charge in [-0.3, -0.25) is 0 Å². The van der Waals surface area contributed by atoms with Crippen LogP contribution in [0.1, 0.15) is 42.7 Å². The zero-order valence-corrected chi connectivity index (χ0v) is 13.4. The number of hydrogen-bond acceptors (Lipinski definition) is 6. The lowest BCUT2D eigenvalue weighted by molar-refractivity contribution is 0.463. The van der Waals surface area contributed by atoms with Crippen LogP contribution in [0.25, 0.3) is 0 Å². The zero-order chi connectivity index (χ0) is 14.9. The lowest BCUT2D eigenvalue weighted by Gasteiger charge is -2.14. The van der Waals surface area contributed by atoms with Gasteiger partial charge in [0.2, 0.25) is 0 Å². The normalized spacial score (nSPS) is 13.8. The minimum atomic E-state index is -3.66. The Morgan fingerprint density at radius 1 is 1.30 bits per heavy atom. The van der Waals surface area contributed by atoms with Gasteiger partial charge in [-0.25, -0.2) is 22.8 Å². The molecular weight excluding hydrogens is 298 g/mol. The summed E-state index contributed by atoms with van der Waals surface area (Å²) in [5, 5.41) is 8.45. The van der Waals surface area contributed by atoms with Gasteiger partial charge in [-0.1, -0.05) is 5.21 Å². The average molecular weight is 315 g/mol. The topological polar surface area (TPSA) is 89.8 Å². The van der Waals surface area contributed by atoms with Gasteiger partial charge in [-0.15, -0.1) is 16.4 Å². The monoisotopic (exact) mass is 315 g/mol. The van der Waals surface area contributed by atoms with Gasteiger partial charge in [-0.05, 0) is 27.7 Å². The Morgan fingerprint density at radius 2 is 2.00 bits per heavy atom. The first-order chi connectivity index (χ1) is 9.31. The van der Waals surface area contributed by atoms with Crippen molar-refractivity contribution in [3.8, 4) is 0 Å². The van der Waals surface area contributed by atoms with Crippen molar-refractivity contribution in [1.82, 2.24) is 24.7 Å². The lowest BCUT2D eigenvalue weighted by Crippen LogP contribution is -2.29. The highest BCUT2D eigenvalue weighted by atomic mass is 32.2. The minimum Gasteiger partial charge on any atom is -0.250 e. The summed E-state index contributed by atoms with van der Waals surface area (Å²) in [4.78, 5) is 5.00. The first-order valence-corrected chi connectivity index (χ1v) is 8.46. The van der Waals surface area contributed by atoms with E-state index >= 15 is 0 Å². The van der Waals surface area contributed by atoms with Gasteiger partial charge in [0, 0.05) is 17.1 Å². The second-order valence-electron chi connectivity index (χ2n) is 4.74. The predicted octanol–water partition coefficient (Wildman–Crippen LogP) is 1.66. The summed E-state index contributed by atoms with van der Waals surface area (Å²) in [7, 11) is -3.66. The van der Waals surface area contributed by atoms with Gasteiger partial charge >= 0.3 is 0 Å². The minimum absolute atomic E-state index is 0.0700. The summed E-state index contributed by atoms with van der Waals surface area (Å²) in [5.41, 5.74) is 0. The van der Waals surface area contributed by atoms with Crippen LogP contribution < -0.4 is 4.72 Å². The van der Waals surface area contributed by atoms with Gasteiger partial charge in [0.25, 0.3) is 10.0 Å². The van der Waals surface area contributed by atoms with Crippen molar-refractivity contribution >= 4 is 21.4 Å². The molecule has 0 aliphatic heterocycles. The zero-order valence-electron chi connectivity index (χ0n) is 11.7. The number of rotatable bonds is 5. The Labute approximate surface area is 122 Å². The highest BCUT2D eigenvalue weighted by molar-refractivity contribution is 7.89. The number of hydrogen-bond donors (Lipinski definition) is 1. The van der Waals surface area contributed by atoms with E-state index < -0.39 is 10.0 Å². The first-order valence-electron chi connectivity index (χ1n) is 6.16. The highest BCUT2D eigenvalue weighted by Gasteiger charge is 2.25. The Balaban J connectivity index is 2.25. The fourth-order valence-electron chi connectivity index (χ4n) is 1.71. The summed E-state index contributed by atoms with van der Waals surface area (Å²) in [5.74, 6) is 0. The summed E-state index contributed by atoms with van der Waals surface area (Å²) in [6, 6.07) is -0.424. The molecule has 20 heavy (non-hydrogen) atoms. The van der Waals surface area contributed by atoms with E-state index in [1.165, 1.54) is 22.2 Å². The van der Waals surface area contributed by atoms with Crippen LogP contribution in [0.5, 0.6) is 0 Å². The van der Waals surface area contributed by atoms with Gasteiger partial charge in [-0.2, -0.15) is 0 Å². The molecule has 7 nitrogen and oxygen atoms in total. The molecule has 9 heteroatoms. The van der Waals surface area contributed by atoms with Crippen molar-refractivity contribution in [3.63, 3.8) is 0 Å². The smallest absolute Gasteiger partial charge is 0.250 e. The van der Waals surface area contributed by atoms with E-state index in [4.69, 9.17) is 0 Å². The third-order valence-corrected chi connectivity index (χ3v) is 5.31. The van der Waals surface area contributed by atoms with E-state index in [-0.39, 0.29) is 17.1 Å². The SMILES string of the molecule is Cc1ncc(C(C)NS(=O)(=O)c2cnnn2C(C)C)s1. The number of aromatic nitrogens is 4. The largest absolute Gasteiger partial charge is 0.259 e. The summed E-state index contributed by atoms with van der Waals surface area (Å²) in [6.45, 7) is 7.37. The third kappa shape index (κ3) is 3.05. The van der Waals surface area contributed by atoms with Crippen molar-refractivity contribution in [2.45, 2.75) is 44.8 Å². The van der Waals surface area contributed by atoms with E-state index in [2.05, 4.69) is 20.0 Å². The van der Waals surface area contributed by atoms with Crippen LogP contribution >= 0.6 is 11.3 Å². The molecule has 0 bridgehead atoms. The molecule has 0 amide bonds. The van der Waals surface area contributed by atoms with Crippen molar-refractivity contribution in [1.29, 1.82) is 0 Å². The van der Waals surface area contributed by atoms with Crippen LogP contribution in [0.15, 0.2) is 17.4 Å². The van der Waals surface area contributed by atoms with Gasteiger partial charge < -0.3 is 0 Å². The molecule has 0 saturated carbocycles. The van der Waals surface area contributed by atoms with E-state index in [9.17, 15) is 8.42 Å². The maximum Gasteiger partial charge on any atom is 0.259 e. The van der Waals surface area contributed by atoms with Crippen LogP contribution in [-0.2, 0) is 10.0 Å². The average Bonchev–Trinajstić information content (AvgIpc) is 2.96. The Bertz CT molecular complexity index is 689. The molecule has 1 atom stereocenters. The van der Waals surface area contributed by atoms with Crippen molar-refractivity contribution < 1.29 is 8.42 Å². The van der Waals surface area contributed by atoms with Crippen LogP contribution in [-0.4, -0.2) is 28.4 Å². The molecule has 0 fully saturated rings. The molecule has 110 valence electrons. The molecule has 2 aromatic rings. The van der Waals surface area contributed by atoms with Gasteiger partial charge in [0.15, 0.2) is 5.03 Å². The molecular formula is C11H17N5O2S2. The van der Waals surface area contributed by atoms with E-state index in [1.807, 2.05) is 20.8 Å². The number of nitrogens with zero attached hydrogens (tertiary/aromatic N) is 4. The van der Waals surface area contributed by atoms with Crippen molar-refractivity contribution in [2.75, 3.05) is 0 Å². The van der Waals surface area contributed by atoms with Crippen molar-refractivity contribution in [3.05, 3.63) is 22.3 Å². The predicted molar refractivity (Wildman–Crippen MR) is 76.0 cm³/mol. The maximum atomic E-state index is 12.4. The lowest BCUT2D eigenvalue weighted by atomic mass is 10.3. The number of nitrogens with one attached hydrogen (secondary N) is 1. The van der Waals surface area contributed by atoms with Crippen LogP contribution in [0.4, 0.5) is 0 Å². The number of sulfonamides is 1. The van der Waals surface area contributed by atoms with Gasteiger partial charge in [0.1, 0.15) is 0 Å².